The van der Waals surface area contributed by atoms with Crippen LogP contribution in [0.4, 0.5) is 0 Å². The minimum absolute atomic E-state index is 0.150. The van der Waals surface area contributed by atoms with E-state index in [4.69, 9.17) is 5.11 Å². The molecule has 0 aromatic heterocycles. The minimum Gasteiger partial charge on any atom is -0.481 e. The number of thioether (sulfide) groups is 1. The number of carbonyl (C=O) groups is 2. The number of likely N-dealkylation sites (tertiary alicyclic amines) is 1. The third-order valence-corrected chi connectivity index (χ3v) is 5.36. The molecule has 2 aliphatic heterocycles. The van der Waals surface area contributed by atoms with Crippen LogP contribution in [0, 0.1) is 5.92 Å². The van der Waals surface area contributed by atoms with Crippen molar-refractivity contribution < 1.29 is 14.7 Å². The molecular formula is C14H24N2O3S. The van der Waals surface area contributed by atoms with Gasteiger partial charge in [-0.2, -0.15) is 11.8 Å². The van der Waals surface area contributed by atoms with Crippen LogP contribution in [0.1, 0.15) is 26.7 Å². The fraction of sp³-hybridized carbons (Fsp3) is 0.857. The first-order valence-electron chi connectivity index (χ1n) is 7.24. The van der Waals surface area contributed by atoms with Crippen molar-refractivity contribution in [1.82, 2.24) is 9.80 Å². The molecule has 114 valence electrons. The number of rotatable bonds is 3. The van der Waals surface area contributed by atoms with E-state index in [2.05, 4.69) is 18.7 Å². The third kappa shape index (κ3) is 4.12. The predicted molar refractivity (Wildman–Crippen MR) is 79.9 cm³/mol. The molecule has 0 atom stereocenters. The summed E-state index contributed by atoms with van der Waals surface area (Å²) < 4.78 is 0.217. The molecule has 0 radical (unpaired) electrons. The fourth-order valence-corrected chi connectivity index (χ4v) is 4.09. The third-order valence-electron chi connectivity index (χ3n) is 4.06. The number of nitrogens with zero attached hydrogens (tertiary/aromatic N) is 2. The first kappa shape index (κ1) is 15.6. The Bertz CT molecular complexity index is 379. The van der Waals surface area contributed by atoms with Crippen molar-refractivity contribution in [2.45, 2.75) is 31.4 Å². The van der Waals surface area contributed by atoms with E-state index in [-0.39, 0.29) is 16.6 Å². The molecular weight excluding hydrogens is 276 g/mol. The molecule has 1 N–H and O–H groups in total. The SMILES string of the molecule is CC1(C)CN(CC(=O)N2CCC(C(=O)O)CC2)CCS1. The Balaban J connectivity index is 1.79. The van der Waals surface area contributed by atoms with Gasteiger partial charge in [0.15, 0.2) is 0 Å². The van der Waals surface area contributed by atoms with Gasteiger partial charge in [-0.3, -0.25) is 14.5 Å². The van der Waals surface area contributed by atoms with Crippen molar-refractivity contribution in [3.63, 3.8) is 0 Å². The molecule has 0 unspecified atom stereocenters. The maximum atomic E-state index is 12.3. The summed E-state index contributed by atoms with van der Waals surface area (Å²) in [5.74, 6) is 0.217. The maximum absolute atomic E-state index is 12.3. The number of aliphatic carboxylic acids is 1. The Morgan fingerprint density at radius 3 is 2.45 bits per heavy atom. The van der Waals surface area contributed by atoms with Gasteiger partial charge < -0.3 is 10.0 Å². The van der Waals surface area contributed by atoms with E-state index in [0.717, 1.165) is 18.8 Å². The molecule has 5 nitrogen and oxygen atoms in total. The summed E-state index contributed by atoms with van der Waals surface area (Å²) in [4.78, 5) is 27.2. The molecule has 2 aliphatic rings. The highest BCUT2D eigenvalue weighted by molar-refractivity contribution is 8.00. The number of carbonyl (C=O) groups excluding carboxylic acids is 1. The normalized spacial score (nSPS) is 24.6. The van der Waals surface area contributed by atoms with E-state index in [1.165, 1.54) is 0 Å². The summed E-state index contributed by atoms with van der Waals surface area (Å²) in [6.45, 7) is 7.98. The van der Waals surface area contributed by atoms with E-state index in [9.17, 15) is 9.59 Å². The Kier molecular flexibility index (Phi) is 4.96. The van der Waals surface area contributed by atoms with Gasteiger partial charge in [0, 0.05) is 36.7 Å². The number of hydrogen-bond donors (Lipinski definition) is 1. The summed E-state index contributed by atoms with van der Waals surface area (Å²) in [6.07, 6.45) is 1.17. The van der Waals surface area contributed by atoms with Gasteiger partial charge in [0.2, 0.25) is 5.91 Å². The zero-order valence-corrected chi connectivity index (χ0v) is 13.1. The Morgan fingerprint density at radius 2 is 1.90 bits per heavy atom. The second-order valence-corrected chi connectivity index (χ2v) is 8.11. The molecule has 2 fully saturated rings. The van der Waals surface area contributed by atoms with Crippen LogP contribution in [-0.2, 0) is 9.59 Å². The second kappa shape index (κ2) is 6.35. The lowest BCUT2D eigenvalue weighted by atomic mass is 9.97. The summed E-state index contributed by atoms with van der Waals surface area (Å²) in [7, 11) is 0. The molecule has 0 aliphatic carbocycles. The first-order chi connectivity index (χ1) is 9.37. The first-order valence-corrected chi connectivity index (χ1v) is 8.23. The number of amides is 1. The van der Waals surface area contributed by atoms with E-state index >= 15 is 0 Å². The monoisotopic (exact) mass is 300 g/mol. The zero-order valence-electron chi connectivity index (χ0n) is 12.3. The lowest BCUT2D eigenvalue weighted by Gasteiger charge is -2.38. The predicted octanol–water partition coefficient (Wildman–Crippen LogP) is 1.14. The van der Waals surface area contributed by atoms with Crippen LogP contribution in [0.5, 0.6) is 0 Å². The van der Waals surface area contributed by atoms with E-state index in [1.54, 1.807) is 0 Å². The van der Waals surface area contributed by atoms with Crippen molar-refractivity contribution in [3.8, 4) is 0 Å². The average Bonchev–Trinajstić information content (AvgIpc) is 2.37. The van der Waals surface area contributed by atoms with Gasteiger partial charge in [-0.05, 0) is 26.7 Å². The molecule has 0 aromatic rings. The maximum Gasteiger partial charge on any atom is 0.306 e. The van der Waals surface area contributed by atoms with Gasteiger partial charge in [-0.15, -0.1) is 0 Å². The molecule has 2 saturated heterocycles. The largest absolute Gasteiger partial charge is 0.481 e. The molecule has 1 amide bonds. The van der Waals surface area contributed by atoms with Crippen molar-refractivity contribution in [3.05, 3.63) is 0 Å². The number of carboxylic acid groups (broad SMARTS) is 1. The highest BCUT2D eigenvalue weighted by Gasteiger charge is 2.31. The lowest BCUT2D eigenvalue weighted by molar-refractivity contribution is -0.146. The quantitative estimate of drug-likeness (QED) is 0.847. The van der Waals surface area contributed by atoms with Crippen LogP contribution in [0.3, 0.4) is 0 Å². The highest BCUT2D eigenvalue weighted by Crippen LogP contribution is 2.29. The highest BCUT2D eigenvalue weighted by atomic mass is 32.2. The number of piperidine rings is 1. The Labute approximate surface area is 124 Å². The number of carboxylic acids is 1. The molecule has 6 heteroatoms. The van der Waals surface area contributed by atoms with Gasteiger partial charge in [0.25, 0.3) is 0 Å². The average molecular weight is 300 g/mol. The molecule has 0 aromatic carbocycles. The van der Waals surface area contributed by atoms with Crippen LogP contribution in [0.2, 0.25) is 0 Å². The standard InChI is InChI=1S/C14H24N2O3S/c1-14(2)10-15(7-8-20-14)9-12(17)16-5-3-11(4-6-16)13(18)19/h11H,3-10H2,1-2H3,(H,18,19). The Hall–Kier alpha value is -0.750. The molecule has 2 rings (SSSR count). The van der Waals surface area contributed by atoms with Gasteiger partial charge in [0.1, 0.15) is 0 Å². The van der Waals surface area contributed by atoms with Crippen LogP contribution in [-0.4, -0.2) is 70.0 Å². The molecule has 2 heterocycles. The number of hydrogen-bond acceptors (Lipinski definition) is 4. The minimum atomic E-state index is -0.730. The van der Waals surface area contributed by atoms with E-state index in [0.29, 0.717) is 32.5 Å². The van der Waals surface area contributed by atoms with Crippen LogP contribution < -0.4 is 0 Å². The van der Waals surface area contributed by atoms with Crippen molar-refractivity contribution >= 4 is 23.6 Å². The van der Waals surface area contributed by atoms with Crippen molar-refractivity contribution in [2.75, 3.05) is 38.5 Å². The van der Waals surface area contributed by atoms with Crippen molar-refractivity contribution in [2.24, 2.45) is 5.92 Å². The van der Waals surface area contributed by atoms with Crippen LogP contribution in [0.15, 0.2) is 0 Å². The molecule has 0 bridgehead atoms. The van der Waals surface area contributed by atoms with Gasteiger partial charge in [0.05, 0.1) is 12.5 Å². The molecule has 0 saturated carbocycles. The van der Waals surface area contributed by atoms with E-state index < -0.39 is 5.97 Å². The smallest absolute Gasteiger partial charge is 0.306 e. The topological polar surface area (TPSA) is 60.9 Å². The summed E-state index contributed by atoms with van der Waals surface area (Å²) in [5.41, 5.74) is 0. The summed E-state index contributed by atoms with van der Waals surface area (Å²) >= 11 is 1.96. The van der Waals surface area contributed by atoms with E-state index in [1.807, 2.05) is 16.7 Å². The summed E-state index contributed by atoms with van der Waals surface area (Å²) in [6, 6.07) is 0. The van der Waals surface area contributed by atoms with Gasteiger partial charge >= 0.3 is 5.97 Å². The van der Waals surface area contributed by atoms with Crippen LogP contribution in [0.25, 0.3) is 0 Å². The fourth-order valence-electron chi connectivity index (χ4n) is 2.92. The molecule has 0 spiro atoms. The lowest BCUT2D eigenvalue weighted by Crippen LogP contribution is -2.49. The Morgan fingerprint density at radius 1 is 1.25 bits per heavy atom. The van der Waals surface area contributed by atoms with Crippen LogP contribution >= 0.6 is 11.8 Å². The molecule has 20 heavy (non-hydrogen) atoms. The van der Waals surface area contributed by atoms with Gasteiger partial charge in [-0.25, -0.2) is 0 Å². The van der Waals surface area contributed by atoms with Gasteiger partial charge in [-0.1, -0.05) is 0 Å². The second-order valence-electron chi connectivity index (χ2n) is 6.31. The summed E-state index contributed by atoms with van der Waals surface area (Å²) in [5, 5.41) is 8.97. The zero-order chi connectivity index (χ0) is 14.8. The van der Waals surface area contributed by atoms with Crippen molar-refractivity contribution in [1.29, 1.82) is 0 Å².